The number of piperidine rings is 1. The molecule has 0 saturated carbocycles. The van der Waals surface area contributed by atoms with Gasteiger partial charge in [-0.05, 0) is 44.0 Å². The summed E-state index contributed by atoms with van der Waals surface area (Å²) in [6, 6.07) is 5.66. The van der Waals surface area contributed by atoms with E-state index in [1.807, 2.05) is 0 Å². The van der Waals surface area contributed by atoms with Crippen LogP contribution in [-0.2, 0) is 20.0 Å². The van der Waals surface area contributed by atoms with Crippen molar-refractivity contribution in [3.8, 4) is 0 Å². The van der Waals surface area contributed by atoms with Crippen LogP contribution in [0.5, 0.6) is 0 Å². The second-order valence-electron chi connectivity index (χ2n) is 5.80. The minimum absolute atomic E-state index is 0.209. The Morgan fingerprint density at radius 2 is 1.83 bits per heavy atom. The summed E-state index contributed by atoms with van der Waals surface area (Å²) in [5, 5.41) is 3.22. The van der Waals surface area contributed by atoms with Crippen molar-refractivity contribution >= 4 is 20.0 Å². The highest BCUT2D eigenvalue weighted by Crippen LogP contribution is 2.23. The van der Waals surface area contributed by atoms with Crippen LogP contribution in [0.1, 0.15) is 12.8 Å². The Kier molecular flexibility index (Phi) is 5.79. The van der Waals surface area contributed by atoms with Crippen LogP contribution in [0.3, 0.4) is 0 Å². The van der Waals surface area contributed by atoms with Crippen molar-refractivity contribution in [2.75, 3.05) is 33.7 Å². The summed E-state index contributed by atoms with van der Waals surface area (Å²) < 4.78 is 53.3. The topological polar surface area (TPSA) is 95.6 Å². The molecule has 0 radical (unpaired) electrons. The second-order valence-corrected chi connectivity index (χ2v) is 9.65. The maximum absolute atomic E-state index is 12.6. The molecule has 1 unspecified atom stereocenters. The predicted octanol–water partition coefficient (Wildman–Crippen LogP) is 0.215. The van der Waals surface area contributed by atoms with E-state index in [0.717, 1.165) is 30.2 Å². The third kappa shape index (κ3) is 4.30. The van der Waals surface area contributed by atoms with Crippen molar-refractivity contribution in [3.63, 3.8) is 0 Å². The Morgan fingerprint density at radius 3 is 2.39 bits per heavy atom. The summed E-state index contributed by atoms with van der Waals surface area (Å²) >= 11 is 0. The van der Waals surface area contributed by atoms with Crippen LogP contribution >= 0.6 is 0 Å². The van der Waals surface area contributed by atoms with Gasteiger partial charge in [-0.2, -0.15) is 0 Å². The third-order valence-electron chi connectivity index (χ3n) is 3.86. The molecule has 9 heteroatoms. The fourth-order valence-electron chi connectivity index (χ4n) is 2.49. The van der Waals surface area contributed by atoms with Crippen molar-refractivity contribution in [3.05, 3.63) is 24.3 Å². The first-order chi connectivity index (χ1) is 10.7. The highest BCUT2D eigenvalue weighted by molar-refractivity contribution is 7.92. The molecule has 0 aromatic heterocycles. The molecule has 7 nitrogen and oxygen atoms in total. The van der Waals surface area contributed by atoms with Gasteiger partial charge in [-0.15, -0.1) is 0 Å². The van der Waals surface area contributed by atoms with Crippen LogP contribution in [0.25, 0.3) is 0 Å². The monoisotopic (exact) mass is 361 g/mol. The lowest BCUT2D eigenvalue weighted by atomic mass is 10.0. The number of sulfonamides is 2. The molecule has 2 rings (SSSR count). The first-order valence-corrected chi connectivity index (χ1v) is 10.4. The van der Waals surface area contributed by atoms with E-state index < -0.39 is 20.0 Å². The van der Waals surface area contributed by atoms with Gasteiger partial charge in [0.05, 0.1) is 0 Å². The van der Waals surface area contributed by atoms with E-state index in [1.165, 1.54) is 38.4 Å². The molecule has 1 aromatic carbocycles. The van der Waals surface area contributed by atoms with Gasteiger partial charge in [0.1, 0.15) is 9.79 Å². The summed E-state index contributed by atoms with van der Waals surface area (Å²) in [7, 11) is -4.97. The smallest absolute Gasteiger partial charge is 0.243 e. The van der Waals surface area contributed by atoms with E-state index in [4.69, 9.17) is 0 Å². The number of hydrogen-bond acceptors (Lipinski definition) is 5. The molecule has 1 aromatic rings. The van der Waals surface area contributed by atoms with Gasteiger partial charge in [-0.1, -0.05) is 12.1 Å². The molecule has 23 heavy (non-hydrogen) atoms. The van der Waals surface area contributed by atoms with E-state index in [2.05, 4.69) is 10.0 Å². The molecular formula is C14H23N3O4S2. The Bertz CT molecular complexity index is 739. The van der Waals surface area contributed by atoms with Crippen LogP contribution < -0.4 is 10.0 Å². The molecule has 1 aliphatic heterocycles. The standard InChI is InChI=1S/C14H23N3O4S2/c1-17(2)23(20,21)14-8-4-3-7-13(14)22(18,19)16-11-12-6-5-9-15-10-12/h3-4,7-8,12,15-16H,5-6,9-11H2,1-2H3. The van der Waals surface area contributed by atoms with E-state index in [-0.39, 0.29) is 15.7 Å². The van der Waals surface area contributed by atoms with Gasteiger partial charge in [-0.3, -0.25) is 0 Å². The fraction of sp³-hybridized carbons (Fsp3) is 0.571. The SMILES string of the molecule is CN(C)S(=O)(=O)c1ccccc1S(=O)(=O)NCC1CCCNC1. The number of hydrogen-bond donors (Lipinski definition) is 2. The second kappa shape index (κ2) is 7.27. The lowest BCUT2D eigenvalue weighted by molar-refractivity contribution is 0.375. The maximum Gasteiger partial charge on any atom is 0.243 e. The Labute approximate surface area is 138 Å². The average molecular weight is 361 g/mol. The van der Waals surface area contributed by atoms with E-state index in [0.29, 0.717) is 6.54 Å². The zero-order valence-electron chi connectivity index (χ0n) is 13.3. The molecule has 2 N–H and O–H groups in total. The Hall–Kier alpha value is -1.00. The first kappa shape index (κ1) is 18.3. The molecule has 0 spiro atoms. The molecule has 130 valence electrons. The van der Waals surface area contributed by atoms with Crippen LogP contribution in [-0.4, -0.2) is 54.9 Å². The van der Waals surface area contributed by atoms with Gasteiger partial charge in [-0.25, -0.2) is 25.9 Å². The van der Waals surface area contributed by atoms with Gasteiger partial charge in [0.15, 0.2) is 0 Å². The molecule has 1 atom stereocenters. The van der Waals surface area contributed by atoms with Gasteiger partial charge in [0.2, 0.25) is 20.0 Å². The van der Waals surface area contributed by atoms with Crippen molar-refractivity contribution in [2.24, 2.45) is 5.92 Å². The van der Waals surface area contributed by atoms with Crippen molar-refractivity contribution in [1.82, 2.24) is 14.3 Å². The first-order valence-electron chi connectivity index (χ1n) is 7.47. The minimum Gasteiger partial charge on any atom is -0.316 e. The molecule has 1 aliphatic rings. The van der Waals surface area contributed by atoms with Crippen LogP contribution in [0, 0.1) is 5.92 Å². The average Bonchev–Trinajstić information content (AvgIpc) is 2.54. The van der Waals surface area contributed by atoms with Crippen LogP contribution in [0.2, 0.25) is 0 Å². The predicted molar refractivity (Wildman–Crippen MR) is 88.1 cm³/mol. The highest BCUT2D eigenvalue weighted by Gasteiger charge is 2.28. The third-order valence-corrected chi connectivity index (χ3v) is 7.34. The maximum atomic E-state index is 12.6. The Morgan fingerprint density at radius 1 is 1.17 bits per heavy atom. The van der Waals surface area contributed by atoms with E-state index in [9.17, 15) is 16.8 Å². The Balaban J connectivity index is 2.26. The van der Waals surface area contributed by atoms with E-state index in [1.54, 1.807) is 0 Å². The fourth-order valence-corrected chi connectivity index (χ4v) is 5.30. The van der Waals surface area contributed by atoms with Crippen LogP contribution in [0.4, 0.5) is 0 Å². The summed E-state index contributed by atoms with van der Waals surface area (Å²) in [5.41, 5.74) is 0. The van der Waals surface area contributed by atoms with Crippen molar-refractivity contribution in [2.45, 2.75) is 22.6 Å². The number of nitrogens with one attached hydrogen (secondary N) is 2. The largest absolute Gasteiger partial charge is 0.316 e. The lowest BCUT2D eigenvalue weighted by Crippen LogP contribution is -2.38. The summed E-state index contributed by atoms with van der Waals surface area (Å²) in [4.78, 5) is -0.420. The minimum atomic E-state index is -3.89. The summed E-state index contributed by atoms with van der Waals surface area (Å²) in [5.74, 6) is 0.219. The van der Waals surface area contributed by atoms with Gasteiger partial charge in [0, 0.05) is 20.6 Å². The molecule has 0 amide bonds. The van der Waals surface area contributed by atoms with Gasteiger partial charge >= 0.3 is 0 Å². The lowest BCUT2D eigenvalue weighted by Gasteiger charge is -2.23. The number of rotatable bonds is 6. The number of benzene rings is 1. The molecular weight excluding hydrogens is 338 g/mol. The zero-order valence-corrected chi connectivity index (χ0v) is 15.0. The molecule has 1 saturated heterocycles. The molecule has 1 fully saturated rings. The molecule has 0 aliphatic carbocycles. The highest BCUT2D eigenvalue weighted by atomic mass is 32.2. The van der Waals surface area contributed by atoms with Gasteiger partial charge < -0.3 is 5.32 Å². The van der Waals surface area contributed by atoms with Crippen molar-refractivity contribution < 1.29 is 16.8 Å². The van der Waals surface area contributed by atoms with Crippen molar-refractivity contribution in [1.29, 1.82) is 0 Å². The van der Waals surface area contributed by atoms with E-state index >= 15 is 0 Å². The molecule has 0 bridgehead atoms. The zero-order chi connectivity index (χ0) is 17.1. The van der Waals surface area contributed by atoms with Crippen LogP contribution in [0.15, 0.2) is 34.1 Å². The molecule has 1 heterocycles. The number of nitrogens with zero attached hydrogens (tertiary/aromatic N) is 1. The van der Waals surface area contributed by atoms with Gasteiger partial charge in [0.25, 0.3) is 0 Å². The normalized spacial score (nSPS) is 19.9. The quantitative estimate of drug-likeness (QED) is 0.755. The summed E-state index contributed by atoms with van der Waals surface area (Å²) in [6.07, 6.45) is 1.96. The summed E-state index contributed by atoms with van der Waals surface area (Å²) in [6.45, 7) is 2.01.